The SMILES string of the molecule is COc1cc(N2C[C@@H]3CCN(c4ccc(C)nn4)C[C@@H]3C2)ncn1. The van der Waals surface area contributed by atoms with E-state index in [9.17, 15) is 0 Å². The lowest BCUT2D eigenvalue weighted by molar-refractivity contribution is 0.347. The number of aromatic nitrogens is 4. The van der Waals surface area contributed by atoms with E-state index in [4.69, 9.17) is 4.74 Å². The summed E-state index contributed by atoms with van der Waals surface area (Å²) in [6, 6.07) is 6.02. The monoisotopic (exact) mass is 326 g/mol. The molecule has 0 saturated carbocycles. The van der Waals surface area contributed by atoms with Crippen LogP contribution in [0.1, 0.15) is 12.1 Å². The fourth-order valence-corrected chi connectivity index (χ4v) is 3.74. The first kappa shape index (κ1) is 15.1. The minimum Gasteiger partial charge on any atom is -0.481 e. The van der Waals surface area contributed by atoms with Gasteiger partial charge in [-0.15, -0.1) is 5.10 Å². The van der Waals surface area contributed by atoms with Gasteiger partial charge in [-0.3, -0.25) is 0 Å². The van der Waals surface area contributed by atoms with Crippen LogP contribution >= 0.6 is 0 Å². The summed E-state index contributed by atoms with van der Waals surface area (Å²) in [7, 11) is 1.64. The summed E-state index contributed by atoms with van der Waals surface area (Å²) in [4.78, 5) is 13.2. The Morgan fingerprint density at radius 2 is 1.83 bits per heavy atom. The second kappa shape index (κ2) is 6.22. The van der Waals surface area contributed by atoms with Gasteiger partial charge >= 0.3 is 0 Å². The molecule has 0 N–H and O–H groups in total. The molecule has 0 aromatic carbocycles. The first-order chi connectivity index (χ1) is 11.7. The number of rotatable bonds is 3. The average Bonchev–Trinajstić information content (AvgIpc) is 3.05. The van der Waals surface area contributed by atoms with Crippen molar-refractivity contribution in [3.05, 3.63) is 30.2 Å². The average molecular weight is 326 g/mol. The standard InChI is InChI=1S/C17H22N6O/c1-12-3-4-15(21-20-12)22-6-5-13-8-23(10-14(13)9-22)16-7-17(24-2)19-11-18-16/h3-4,7,11,13-14H,5-6,8-10H2,1-2H3/t13-,14+/m0/s1. The Hall–Kier alpha value is -2.44. The smallest absolute Gasteiger partial charge is 0.218 e. The number of ether oxygens (including phenoxy) is 1. The molecule has 126 valence electrons. The maximum absolute atomic E-state index is 5.22. The highest BCUT2D eigenvalue weighted by Gasteiger charge is 2.38. The lowest BCUT2D eigenvalue weighted by Crippen LogP contribution is -2.40. The van der Waals surface area contributed by atoms with Gasteiger partial charge in [0.1, 0.15) is 12.1 Å². The van der Waals surface area contributed by atoms with E-state index in [1.807, 2.05) is 19.1 Å². The van der Waals surface area contributed by atoms with Crippen molar-refractivity contribution in [2.75, 3.05) is 43.1 Å². The highest BCUT2D eigenvalue weighted by Crippen LogP contribution is 2.34. The maximum Gasteiger partial charge on any atom is 0.218 e. The molecule has 2 saturated heterocycles. The third-order valence-corrected chi connectivity index (χ3v) is 5.07. The molecule has 2 aromatic rings. The Labute approximate surface area is 141 Å². The Bertz CT molecular complexity index is 706. The van der Waals surface area contributed by atoms with Gasteiger partial charge < -0.3 is 14.5 Å². The number of methoxy groups -OCH3 is 1. The number of aryl methyl sites for hydroxylation is 1. The molecule has 7 nitrogen and oxygen atoms in total. The molecule has 0 spiro atoms. The lowest BCUT2D eigenvalue weighted by atomic mass is 9.89. The Kier molecular flexibility index (Phi) is 3.92. The number of anilines is 2. The van der Waals surface area contributed by atoms with Gasteiger partial charge in [-0.05, 0) is 37.3 Å². The van der Waals surface area contributed by atoms with Crippen LogP contribution in [0, 0.1) is 18.8 Å². The highest BCUT2D eigenvalue weighted by molar-refractivity contribution is 5.44. The van der Waals surface area contributed by atoms with E-state index < -0.39 is 0 Å². The fourth-order valence-electron chi connectivity index (χ4n) is 3.74. The molecular weight excluding hydrogens is 304 g/mol. The Morgan fingerprint density at radius 3 is 2.62 bits per heavy atom. The van der Waals surface area contributed by atoms with Gasteiger partial charge in [0.05, 0.1) is 12.8 Å². The molecule has 7 heteroatoms. The second-order valence-electron chi connectivity index (χ2n) is 6.61. The summed E-state index contributed by atoms with van der Waals surface area (Å²) in [5, 5.41) is 8.53. The maximum atomic E-state index is 5.22. The molecule has 2 aliphatic rings. The number of hydrogen-bond acceptors (Lipinski definition) is 7. The summed E-state index contributed by atoms with van der Waals surface area (Å²) in [6.45, 7) is 6.10. The van der Waals surface area contributed by atoms with Gasteiger partial charge in [0.2, 0.25) is 5.88 Å². The van der Waals surface area contributed by atoms with Crippen LogP contribution in [-0.4, -0.2) is 53.5 Å². The van der Waals surface area contributed by atoms with Crippen molar-refractivity contribution < 1.29 is 4.74 Å². The Morgan fingerprint density at radius 1 is 1.00 bits per heavy atom. The van der Waals surface area contributed by atoms with Gasteiger partial charge in [0.15, 0.2) is 5.82 Å². The molecule has 2 fully saturated rings. The molecule has 0 radical (unpaired) electrons. The van der Waals surface area contributed by atoms with Crippen molar-refractivity contribution in [2.24, 2.45) is 11.8 Å². The molecule has 4 heterocycles. The van der Waals surface area contributed by atoms with E-state index in [0.29, 0.717) is 17.7 Å². The largest absolute Gasteiger partial charge is 0.481 e. The van der Waals surface area contributed by atoms with Gasteiger partial charge in [0.25, 0.3) is 0 Å². The molecule has 24 heavy (non-hydrogen) atoms. The van der Waals surface area contributed by atoms with Crippen molar-refractivity contribution in [3.8, 4) is 5.88 Å². The highest BCUT2D eigenvalue weighted by atomic mass is 16.5. The molecular formula is C17H22N6O. The fraction of sp³-hybridized carbons (Fsp3) is 0.529. The molecule has 0 amide bonds. The third kappa shape index (κ3) is 2.86. The normalized spacial score (nSPS) is 23.2. The third-order valence-electron chi connectivity index (χ3n) is 5.07. The molecule has 2 aromatic heterocycles. The van der Waals surface area contributed by atoms with Gasteiger partial charge in [-0.25, -0.2) is 9.97 Å². The minimum absolute atomic E-state index is 0.617. The molecule has 2 aliphatic heterocycles. The van der Waals surface area contributed by atoms with Crippen LogP contribution in [0.15, 0.2) is 24.5 Å². The summed E-state index contributed by atoms with van der Waals surface area (Å²) >= 11 is 0. The molecule has 4 rings (SSSR count). The van der Waals surface area contributed by atoms with E-state index in [1.165, 1.54) is 6.42 Å². The van der Waals surface area contributed by atoms with E-state index in [-0.39, 0.29) is 0 Å². The summed E-state index contributed by atoms with van der Waals surface area (Å²) < 4.78 is 5.22. The quantitative estimate of drug-likeness (QED) is 0.847. The first-order valence-electron chi connectivity index (χ1n) is 8.39. The van der Waals surface area contributed by atoms with Crippen LogP contribution < -0.4 is 14.5 Å². The van der Waals surface area contributed by atoms with Crippen molar-refractivity contribution in [1.82, 2.24) is 20.2 Å². The lowest BCUT2D eigenvalue weighted by Gasteiger charge is -2.34. The van der Waals surface area contributed by atoms with Crippen LogP contribution in [0.25, 0.3) is 0 Å². The molecule has 2 atom stereocenters. The van der Waals surface area contributed by atoms with Gasteiger partial charge in [-0.1, -0.05) is 0 Å². The van der Waals surface area contributed by atoms with Crippen LogP contribution in [0.5, 0.6) is 5.88 Å². The van der Waals surface area contributed by atoms with Crippen molar-refractivity contribution in [1.29, 1.82) is 0 Å². The number of piperidine rings is 1. The molecule has 0 bridgehead atoms. The molecule has 0 unspecified atom stereocenters. The zero-order valence-electron chi connectivity index (χ0n) is 14.1. The van der Waals surface area contributed by atoms with Crippen molar-refractivity contribution in [3.63, 3.8) is 0 Å². The Balaban J connectivity index is 1.46. The number of fused-ring (bicyclic) bond motifs is 1. The van der Waals surface area contributed by atoms with E-state index in [2.05, 4.69) is 36.0 Å². The van der Waals surface area contributed by atoms with Crippen LogP contribution in [-0.2, 0) is 0 Å². The van der Waals surface area contributed by atoms with Crippen molar-refractivity contribution in [2.45, 2.75) is 13.3 Å². The molecule has 0 aliphatic carbocycles. The number of hydrogen-bond donors (Lipinski definition) is 0. The summed E-state index contributed by atoms with van der Waals surface area (Å²) in [5.74, 6) is 3.90. The number of nitrogens with zero attached hydrogens (tertiary/aromatic N) is 6. The van der Waals surface area contributed by atoms with Crippen molar-refractivity contribution >= 4 is 11.6 Å². The first-order valence-corrected chi connectivity index (χ1v) is 8.39. The topological polar surface area (TPSA) is 67.3 Å². The van der Waals surface area contributed by atoms with E-state index >= 15 is 0 Å². The summed E-state index contributed by atoms with van der Waals surface area (Å²) in [6.07, 6.45) is 2.75. The van der Waals surface area contributed by atoms with E-state index in [0.717, 1.165) is 43.5 Å². The van der Waals surface area contributed by atoms with Gasteiger partial charge in [0, 0.05) is 32.2 Å². The van der Waals surface area contributed by atoms with Crippen LogP contribution in [0.4, 0.5) is 11.6 Å². The zero-order valence-corrected chi connectivity index (χ0v) is 14.1. The second-order valence-corrected chi connectivity index (χ2v) is 6.61. The summed E-state index contributed by atoms with van der Waals surface area (Å²) in [5.41, 5.74) is 0.957. The minimum atomic E-state index is 0.617. The predicted octanol–water partition coefficient (Wildman–Crippen LogP) is 1.55. The van der Waals surface area contributed by atoms with E-state index in [1.54, 1.807) is 13.4 Å². The zero-order chi connectivity index (χ0) is 16.5. The van der Waals surface area contributed by atoms with Crippen LogP contribution in [0.3, 0.4) is 0 Å². The van der Waals surface area contributed by atoms with Gasteiger partial charge in [-0.2, -0.15) is 5.10 Å². The predicted molar refractivity (Wildman–Crippen MR) is 91.4 cm³/mol. The van der Waals surface area contributed by atoms with Crippen LogP contribution in [0.2, 0.25) is 0 Å².